The lowest BCUT2D eigenvalue weighted by Crippen LogP contribution is -2.33. The number of piperidine rings is 1. The molecule has 0 bridgehead atoms. The molecule has 1 aliphatic heterocycles. The molecule has 0 aliphatic carbocycles. The van der Waals surface area contributed by atoms with E-state index in [-0.39, 0.29) is 0 Å². The van der Waals surface area contributed by atoms with Crippen molar-refractivity contribution in [1.29, 1.82) is 0 Å². The summed E-state index contributed by atoms with van der Waals surface area (Å²) in [5, 5.41) is 3.39. The number of rotatable bonds is 3. The molecule has 15 heavy (non-hydrogen) atoms. The van der Waals surface area contributed by atoms with Crippen LogP contribution < -0.4 is 10.1 Å². The van der Waals surface area contributed by atoms with Gasteiger partial charge in [-0.25, -0.2) is 0 Å². The molecule has 1 atom stereocenters. The Morgan fingerprint density at radius 2 is 2.27 bits per heavy atom. The summed E-state index contributed by atoms with van der Waals surface area (Å²) < 4.78 is 6.83. The van der Waals surface area contributed by atoms with Gasteiger partial charge in [-0.1, -0.05) is 12.1 Å². The molecule has 0 unspecified atom stereocenters. The topological polar surface area (TPSA) is 21.3 Å². The Morgan fingerprint density at radius 3 is 3.00 bits per heavy atom. The molecule has 1 fully saturated rings. The van der Waals surface area contributed by atoms with E-state index in [9.17, 15) is 0 Å². The second kappa shape index (κ2) is 5.52. The summed E-state index contributed by atoms with van der Waals surface area (Å²) in [6, 6.07) is 8.01. The Bertz CT molecular complexity index is 310. The van der Waals surface area contributed by atoms with Crippen LogP contribution >= 0.6 is 15.9 Å². The largest absolute Gasteiger partial charge is 0.492 e. The van der Waals surface area contributed by atoms with Gasteiger partial charge < -0.3 is 10.1 Å². The third-order valence-electron chi connectivity index (χ3n) is 2.71. The van der Waals surface area contributed by atoms with E-state index in [1.807, 2.05) is 24.3 Å². The lowest BCUT2D eigenvalue weighted by Gasteiger charge is -2.22. The highest BCUT2D eigenvalue weighted by molar-refractivity contribution is 9.10. The summed E-state index contributed by atoms with van der Waals surface area (Å²) in [5.41, 5.74) is 0. The van der Waals surface area contributed by atoms with Crippen LogP contribution in [0.1, 0.15) is 12.8 Å². The fraction of sp³-hybridized carbons (Fsp3) is 0.500. The molecule has 0 saturated carbocycles. The summed E-state index contributed by atoms with van der Waals surface area (Å²) in [7, 11) is 0. The molecule has 82 valence electrons. The minimum absolute atomic E-state index is 0.658. The number of para-hydroxylation sites is 1. The Kier molecular flexibility index (Phi) is 4.03. The Morgan fingerprint density at radius 1 is 1.40 bits per heavy atom. The van der Waals surface area contributed by atoms with Crippen molar-refractivity contribution in [2.75, 3.05) is 19.7 Å². The summed E-state index contributed by atoms with van der Waals surface area (Å²) >= 11 is 3.48. The van der Waals surface area contributed by atoms with Crippen molar-refractivity contribution >= 4 is 15.9 Å². The summed E-state index contributed by atoms with van der Waals surface area (Å²) in [5.74, 6) is 1.61. The van der Waals surface area contributed by atoms with E-state index in [4.69, 9.17) is 4.74 Å². The van der Waals surface area contributed by atoms with Gasteiger partial charge in [-0.2, -0.15) is 0 Å². The van der Waals surface area contributed by atoms with Crippen LogP contribution in [0, 0.1) is 5.92 Å². The van der Waals surface area contributed by atoms with Crippen LogP contribution in [-0.4, -0.2) is 19.7 Å². The molecule has 1 saturated heterocycles. The molecule has 1 aromatic carbocycles. The van der Waals surface area contributed by atoms with E-state index >= 15 is 0 Å². The molecule has 2 nitrogen and oxygen atoms in total. The highest BCUT2D eigenvalue weighted by Crippen LogP contribution is 2.24. The SMILES string of the molecule is Brc1ccccc1OC[C@@H]1CCCNC1. The lowest BCUT2D eigenvalue weighted by molar-refractivity contribution is 0.217. The van der Waals surface area contributed by atoms with E-state index in [2.05, 4.69) is 21.2 Å². The van der Waals surface area contributed by atoms with Crippen LogP contribution in [0.5, 0.6) is 5.75 Å². The smallest absolute Gasteiger partial charge is 0.133 e. The van der Waals surface area contributed by atoms with Crippen molar-refractivity contribution in [1.82, 2.24) is 5.32 Å². The first-order valence-electron chi connectivity index (χ1n) is 5.44. The molecule has 1 heterocycles. The van der Waals surface area contributed by atoms with Gasteiger partial charge in [0.2, 0.25) is 0 Å². The second-order valence-electron chi connectivity index (χ2n) is 3.95. The number of halogens is 1. The molecule has 0 aromatic heterocycles. The van der Waals surface area contributed by atoms with Crippen LogP contribution in [0.2, 0.25) is 0 Å². The quantitative estimate of drug-likeness (QED) is 0.911. The van der Waals surface area contributed by atoms with Gasteiger partial charge in [-0.3, -0.25) is 0 Å². The predicted octanol–water partition coefficient (Wildman–Crippen LogP) is 2.83. The number of hydrogen-bond acceptors (Lipinski definition) is 2. The van der Waals surface area contributed by atoms with Crippen LogP contribution in [0.4, 0.5) is 0 Å². The molecule has 0 spiro atoms. The summed E-state index contributed by atoms with van der Waals surface area (Å²) in [6.45, 7) is 3.06. The first-order valence-corrected chi connectivity index (χ1v) is 6.23. The van der Waals surface area contributed by atoms with E-state index in [0.29, 0.717) is 5.92 Å². The number of benzene rings is 1. The van der Waals surface area contributed by atoms with E-state index in [1.165, 1.54) is 12.8 Å². The lowest BCUT2D eigenvalue weighted by atomic mass is 10.0. The maximum atomic E-state index is 5.79. The highest BCUT2D eigenvalue weighted by atomic mass is 79.9. The zero-order valence-electron chi connectivity index (χ0n) is 8.71. The fourth-order valence-corrected chi connectivity index (χ4v) is 2.23. The molecule has 0 radical (unpaired) electrons. The standard InChI is InChI=1S/C12H16BrNO/c13-11-5-1-2-6-12(11)15-9-10-4-3-7-14-8-10/h1-2,5-6,10,14H,3-4,7-9H2/t10-/m1/s1. The second-order valence-corrected chi connectivity index (χ2v) is 4.81. The van der Waals surface area contributed by atoms with Crippen LogP contribution in [0.3, 0.4) is 0 Å². The molecule has 1 aliphatic rings. The van der Waals surface area contributed by atoms with Gasteiger partial charge >= 0.3 is 0 Å². The third-order valence-corrected chi connectivity index (χ3v) is 3.37. The summed E-state index contributed by atoms with van der Waals surface area (Å²) in [4.78, 5) is 0. The summed E-state index contributed by atoms with van der Waals surface area (Å²) in [6.07, 6.45) is 2.54. The predicted molar refractivity (Wildman–Crippen MR) is 65.2 cm³/mol. The Hall–Kier alpha value is -0.540. The monoisotopic (exact) mass is 269 g/mol. The average molecular weight is 270 g/mol. The maximum Gasteiger partial charge on any atom is 0.133 e. The van der Waals surface area contributed by atoms with Gasteiger partial charge in [-0.05, 0) is 47.4 Å². The van der Waals surface area contributed by atoms with Crippen molar-refractivity contribution in [2.24, 2.45) is 5.92 Å². The zero-order chi connectivity index (χ0) is 10.5. The molecule has 0 amide bonds. The van der Waals surface area contributed by atoms with Crippen LogP contribution in [-0.2, 0) is 0 Å². The van der Waals surface area contributed by atoms with E-state index in [1.54, 1.807) is 0 Å². The molecule has 1 aromatic rings. The van der Waals surface area contributed by atoms with Crippen LogP contribution in [0.15, 0.2) is 28.7 Å². The Balaban J connectivity index is 1.84. The van der Waals surface area contributed by atoms with Crippen molar-refractivity contribution in [3.63, 3.8) is 0 Å². The van der Waals surface area contributed by atoms with Gasteiger partial charge in [0.05, 0.1) is 11.1 Å². The molecule has 2 rings (SSSR count). The van der Waals surface area contributed by atoms with Gasteiger partial charge in [0.15, 0.2) is 0 Å². The van der Waals surface area contributed by atoms with Crippen molar-refractivity contribution in [3.8, 4) is 5.75 Å². The van der Waals surface area contributed by atoms with E-state index < -0.39 is 0 Å². The van der Waals surface area contributed by atoms with Gasteiger partial charge in [0.1, 0.15) is 5.75 Å². The molecular formula is C12H16BrNO. The molecule has 3 heteroatoms. The fourth-order valence-electron chi connectivity index (χ4n) is 1.84. The van der Waals surface area contributed by atoms with E-state index in [0.717, 1.165) is 29.9 Å². The molecular weight excluding hydrogens is 254 g/mol. The van der Waals surface area contributed by atoms with Gasteiger partial charge in [-0.15, -0.1) is 0 Å². The third kappa shape index (κ3) is 3.21. The maximum absolute atomic E-state index is 5.79. The number of hydrogen-bond donors (Lipinski definition) is 1. The molecule has 1 N–H and O–H groups in total. The van der Waals surface area contributed by atoms with Gasteiger partial charge in [0, 0.05) is 12.5 Å². The minimum Gasteiger partial charge on any atom is -0.492 e. The number of ether oxygens (including phenoxy) is 1. The number of nitrogens with one attached hydrogen (secondary N) is 1. The normalized spacial score (nSPS) is 21.3. The van der Waals surface area contributed by atoms with Gasteiger partial charge in [0.25, 0.3) is 0 Å². The zero-order valence-corrected chi connectivity index (χ0v) is 10.3. The van der Waals surface area contributed by atoms with Crippen molar-refractivity contribution in [3.05, 3.63) is 28.7 Å². The average Bonchev–Trinajstić information content (AvgIpc) is 2.29. The van der Waals surface area contributed by atoms with Crippen molar-refractivity contribution < 1.29 is 4.74 Å². The first-order chi connectivity index (χ1) is 7.36. The minimum atomic E-state index is 0.658. The Labute approximate surface area is 99.1 Å². The first kappa shape index (κ1) is 11.0. The van der Waals surface area contributed by atoms with Crippen molar-refractivity contribution in [2.45, 2.75) is 12.8 Å². The van der Waals surface area contributed by atoms with Crippen LogP contribution in [0.25, 0.3) is 0 Å². The highest BCUT2D eigenvalue weighted by Gasteiger charge is 2.13.